The molecule has 0 unspecified atom stereocenters. The van der Waals surface area contributed by atoms with Crippen molar-refractivity contribution in [3.63, 3.8) is 0 Å². The molecule has 1 N–H and O–H groups in total. The molecule has 2 rings (SSSR count). The highest BCUT2D eigenvalue weighted by atomic mass is 16.5. The van der Waals surface area contributed by atoms with Crippen LogP contribution in [0.3, 0.4) is 0 Å². The third-order valence-corrected chi connectivity index (χ3v) is 5.09. The third kappa shape index (κ3) is 5.54. The molecule has 0 amide bonds. The summed E-state index contributed by atoms with van der Waals surface area (Å²) in [6.07, 6.45) is 5.13. The predicted molar refractivity (Wildman–Crippen MR) is 89.7 cm³/mol. The molecule has 3 nitrogen and oxygen atoms in total. The molecule has 21 heavy (non-hydrogen) atoms. The van der Waals surface area contributed by atoms with Gasteiger partial charge in [0, 0.05) is 38.4 Å². The lowest BCUT2D eigenvalue weighted by Crippen LogP contribution is -2.53. The van der Waals surface area contributed by atoms with Crippen LogP contribution in [0.4, 0.5) is 0 Å². The Morgan fingerprint density at radius 2 is 1.76 bits per heavy atom. The van der Waals surface area contributed by atoms with Crippen LogP contribution in [0, 0.1) is 10.8 Å². The maximum absolute atomic E-state index is 5.64. The number of hydrogen-bond donors (Lipinski definition) is 1. The first-order chi connectivity index (χ1) is 9.70. The van der Waals surface area contributed by atoms with Gasteiger partial charge in [0.1, 0.15) is 0 Å². The molecule has 0 bridgehead atoms. The molecule has 0 aromatic rings. The van der Waals surface area contributed by atoms with Gasteiger partial charge in [0.25, 0.3) is 0 Å². The summed E-state index contributed by atoms with van der Waals surface area (Å²) in [6, 6.07) is 0. The summed E-state index contributed by atoms with van der Waals surface area (Å²) in [5.41, 5.74) is 1.09. The van der Waals surface area contributed by atoms with Gasteiger partial charge in [-0.2, -0.15) is 0 Å². The number of piperidine rings is 1. The number of ether oxygens (including phenoxy) is 1. The van der Waals surface area contributed by atoms with E-state index in [1.54, 1.807) is 0 Å². The minimum absolute atomic E-state index is 0.201. The van der Waals surface area contributed by atoms with Gasteiger partial charge in [-0.25, -0.2) is 0 Å². The second-order valence-corrected chi connectivity index (χ2v) is 9.19. The van der Waals surface area contributed by atoms with Gasteiger partial charge in [0.05, 0.1) is 0 Å². The summed E-state index contributed by atoms with van der Waals surface area (Å²) < 4.78 is 5.64. The van der Waals surface area contributed by atoms with E-state index in [1.807, 2.05) is 0 Å². The maximum Gasteiger partial charge on any atom is 0.0472 e. The van der Waals surface area contributed by atoms with E-state index in [1.165, 1.54) is 45.3 Å². The molecule has 2 heterocycles. The van der Waals surface area contributed by atoms with Crippen molar-refractivity contribution in [2.75, 3.05) is 39.4 Å². The van der Waals surface area contributed by atoms with Gasteiger partial charge < -0.3 is 15.0 Å². The Hall–Kier alpha value is -0.120. The zero-order valence-electron chi connectivity index (χ0n) is 14.9. The van der Waals surface area contributed by atoms with Crippen LogP contribution in [0.15, 0.2) is 0 Å². The minimum atomic E-state index is 0.201. The Morgan fingerprint density at radius 1 is 1.10 bits per heavy atom. The van der Waals surface area contributed by atoms with Crippen molar-refractivity contribution in [2.24, 2.45) is 10.8 Å². The molecule has 0 aromatic carbocycles. The van der Waals surface area contributed by atoms with Crippen molar-refractivity contribution in [1.29, 1.82) is 0 Å². The molecule has 0 radical (unpaired) electrons. The maximum atomic E-state index is 5.64. The van der Waals surface area contributed by atoms with Gasteiger partial charge in [0.2, 0.25) is 0 Å². The summed E-state index contributed by atoms with van der Waals surface area (Å²) in [4.78, 5) is 2.72. The highest BCUT2D eigenvalue weighted by Gasteiger charge is 2.37. The van der Waals surface area contributed by atoms with Crippen LogP contribution in [-0.4, -0.2) is 49.8 Å². The molecule has 2 saturated heterocycles. The number of rotatable bonds is 4. The zero-order chi connectivity index (χ0) is 15.6. The highest BCUT2D eigenvalue weighted by molar-refractivity contribution is 4.91. The van der Waals surface area contributed by atoms with Gasteiger partial charge in [-0.3, -0.25) is 0 Å². The second kappa shape index (κ2) is 6.55. The molecule has 0 saturated carbocycles. The van der Waals surface area contributed by atoms with Gasteiger partial charge in [-0.1, -0.05) is 13.8 Å². The standard InChI is InChI=1S/C18H36N2O/c1-16(2,3)19-13-18(8-11-21-12-9-18)15-20-10-6-7-17(4,5)14-20/h19H,6-15H2,1-5H3. The predicted octanol–water partition coefficient (Wildman–Crippen LogP) is 3.29. The molecule has 2 fully saturated rings. The van der Waals surface area contributed by atoms with Crippen LogP contribution >= 0.6 is 0 Å². The lowest BCUT2D eigenvalue weighted by Gasteiger charge is -2.46. The Labute approximate surface area is 131 Å². The van der Waals surface area contributed by atoms with Crippen molar-refractivity contribution in [3.05, 3.63) is 0 Å². The smallest absolute Gasteiger partial charge is 0.0472 e. The van der Waals surface area contributed by atoms with E-state index in [2.05, 4.69) is 44.8 Å². The fourth-order valence-electron chi connectivity index (χ4n) is 3.80. The van der Waals surface area contributed by atoms with E-state index in [-0.39, 0.29) is 5.54 Å². The number of hydrogen-bond acceptors (Lipinski definition) is 3. The van der Waals surface area contributed by atoms with E-state index in [0.29, 0.717) is 10.8 Å². The lowest BCUT2D eigenvalue weighted by molar-refractivity contribution is -0.0194. The normalized spacial score (nSPS) is 26.7. The molecule has 2 aliphatic heterocycles. The molecule has 0 spiro atoms. The van der Waals surface area contributed by atoms with E-state index in [0.717, 1.165) is 19.8 Å². The SMILES string of the molecule is CC1(C)CCCN(CC2(CNC(C)(C)C)CCOCC2)C1. The minimum Gasteiger partial charge on any atom is -0.381 e. The summed E-state index contributed by atoms with van der Waals surface area (Å²) >= 11 is 0. The molecule has 0 aromatic heterocycles. The van der Waals surface area contributed by atoms with Gasteiger partial charge in [-0.15, -0.1) is 0 Å². The first-order valence-electron chi connectivity index (χ1n) is 8.75. The molecule has 0 aliphatic carbocycles. The Balaban J connectivity index is 1.98. The number of nitrogens with zero attached hydrogens (tertiary/aromatic N) is 1. The Kier molecular flexibility index (Phi) is 5.38. The van der Waals surface area contributed by atoms with E-state index in [9.17, 15) is 0 Å². The highest BCUT2D eigenvalue weighted by Crippen LogP contribution is 2.35. The monoisotopic (exact) mass is 296 g/mol. The van der Waals surface area contributed by atoms with Gasteiger partial charge in [-0.05, 0) is 63.8 Å². The van der Waals surface area contributed by atoms with Gasteiger partial charge in [0.15, 0.2) is 0 Å². The van der Waals surface area contributed by atoms with Crippen molar-refractivity contribution >= 4 is 0 Å². The number of nitrogens with one attached hydrogen (secondary N) is 1. The topological polar surface area (TPSA) is 24.5 Å². The molecule has 124 valence electrons. The summed E-state index contributed by atoms with van der Waals surface area (Å²) in [7, 11) is 0. The third-order valence-electron chi connectivity index (χ3n) is 5.09. The van der Waals surface area contributed by atoms with E-state index < -0.39 is 0 Å². The summed E-state index contributed by atoms with van der Waals surface area (Å²) in [5, 5.41) is 3.76. The molecular formula is C18H36N2O. The Bertz CT molecular complexity index is 327. The summed E-state index contributed by atoms with van der Waals surface area (Å²) in [5.74, 6) is 0. The van der Waals surface area contributed by atoms with E-state index >= 15 is 0 Å². The molecular weight excluding hydrogens is 260 g/mol. The van der Waals surface area contributed by atoms with Crippen LogP contribution < -0.4 is 5.32 Å². The van der Waals surface area contributed by atoms with Crippen LogP contribution in [0.1, 0.15) is 60.3 Å². The Morgan fingerprint density at radius 3 is 2.33 bits per heavy atom. The first-order valence-corrected chi connectivity index (χ1v) is 8.75. The van der Waals surface area contributed by atoms with Crippen molar-refractivity contribution in [3.8, 4) is 0 Å². The van der Waals surface area contributed by atoms with Crippen molar-refractivity contribution in [1.82, 2.24) is 10.2 Å². The molecule has 2 aliphatic rings. The average molecular weight is 296 g/mol. The van der Waals surface area contributed by atoms with Gasteiger partial charge >= 0.3 is 0 Å². The average Bonchev–Trinajstić information content (AvgIpc) is 2.36. The second-order valence-electron chi connectivity index (χ2n) is 9.19. The van der Waals surface area contributed by atoms with Crippen LogP contribution in [-0.2, 0) is 4.74 Å². The van der Waals surface area contributed by atoms with Crippen LogP contribution in [0.25, 0.3) is 0 Å². The fourth-order valence-corrected chi connectivity index (χ4v) is 3.80. The molecule has 0 atom stereocenters. The quantitative estimate of drug-likeness (QED) is 0.861. The largest absolute Gasteiger partial charge is 0.381 e. The van der Waals surface area contributed by atoms with E-state index in [4.69, 9.17) is 4.74 Å². The van der Waals surface area contributed by atoms with Crippen molar-refractivity contribution in [2.45, 2.75) is 65.8 Å². The van der Waals surface area contributed by atoms with Crippen molar-refractivity contribution < 1.29 is 4.74 Å². The van der Waals surface area contributed by atoms with Crippen LogP contribution in [0.2, 0.25) is 0 Å². The zero-order valence-corrected chi connectivity index (χ0v) is 14.9. The first kappa shape index (κ1) is 17.2. The number of likely N-dealkylation sites (tertiary alicyclic amines) is 1. The molecule has 3 heteroatoms. The lowest BCUT2D eigenvalue weighted by atomic mass is 9.77. The summed E-state index contributed by atoms with van der Waals surface area (Å²) in [6.45, 7) is 18.4. The fraction of sp³-hybridized carbons (Fsp3) is 1.00. The van der Waals surface area contributed by atoms with Crippen LogP contribution in [0.5, 0.6) is 0 Å².